The Labute approximate surface area is 121 Å². The van der Waals surface area contributed by atoms with Gasteiger partial charge in [-0.3, -0.25) is 0 Å². The molecule has 19 heavy (non-hydrogen) atoms. The van der Waals surface area contributed by atoms with Crippen LogP contribution in [0.4, 0.5) is 4.79 Å². The maximum Gasteiger partial charge on any atom is 0.410 e. The molecule has 5 heteroatoms. The lowest BCUT2D eigenvalue weighted by molar-refractivity contribution is 0.00773. The molecular weight excluding hydrogens is 260 g/mol. The van der Waals surface area contributed by atoms with E-state index >= 15 is 0 Å². The summed E-state index contributed by atoms with van der Waals surface area (Å²) in [6, 6.07) is 0.153. The maximum atomic E-state index is 12.1. The molecule has 0 unspecified atom stereocenters. The van der Waals surface area contributed by atoms with Crippen LogP contribution in [0.25, 0.3) is 0 Å². The first kappa shape index (κ1) is 14.6. The molecule has 2 rings (SSSR count). The number of piperazine rings is 1. The van der Waals surface area contributed by atoms with Crippen molar-refractivity contribution in [3.63, 3.8) is 0 Å². The zero-order valence-corrected chi connectivity index (χ0v) is 13.1. The number of amides is 1. The van der Waals surface area contributed by atoms with Gasteiger partial charge >= 0.3 is 6.09 Å². The zero-order chi connectivity index (χ0) is 14.2. The highest BCUT2D eigenvalue weighted by molar-refractivity contribution is 7.80. The van der Waals surface area contributed by atoms with E-state index in [-0.39, 0.29) is 12.1 Å². The Morgan fingerprint density at radius 1 is 1.26 bits per heavy atom. The summed E-state index contributed by atoms with van der Waals surface area (Å²) in [4.78, 5) is 17.3. The van der Waals surface area contributed by atoms with Gasteiger partial charge in [-0.25, -0.2) is 4.79 Å². The average Bonchev–Trinajstić information content (AvgIpc) is 3.09. The van der Waals surface area contributed by atoms with Crippen LogP contribution in [0.1, 0.15) is 40.5 Å². The van der Waals surface area contributed by atoms with Gasteiger partial charge in [0.25, 0.3) is 0 Å². The van der Waals surface area contributed by atoms with Gasteiger partial charge in [-0.15, -0.1) is 0 Å². The van der Waals surface area contributed by atoms with Gasteiger partial charge in [0.15, 0.2) is 0 Å². The molecule has 2 fully saturated rings. The number of nitrogens with zero attached hydrogens (tertiary/aromatic N) is 2. The largest absolute Gasteiger partial charge is 0.444 e. The van der Waals surface area contributed by atoms with Gasteiger partial charge in [0.05, 0.1) is 4.99 Å². The summed E-state index contributed by atoms with van der Waals surface area (Å²) >= 11 is 5.50. The molecule has 0 aromatic carbocycles. The Kier molecular flexibility index (Phi) is 4.04. The Bertz CT molecular complexity index is 374. The van der Waals surface area contributed by atoms with Gasteiger partial charge in [0.1, 0.15) is 5.60 Å². The minimum absolute atomic E-state index is 0.153. The highest BCUT2D eigenvalue weighted by Gasteiger charge is 2.35. The van der Waals surface area contributed by atoms with E-state index in [1.54, 1.807) is 0 Å². The molecule has 0 aromatic rings. The second kappa shape index (κ2) is 5.27. The molecule has 0 bridgehead atoms. The molecule has 0 N–H and O–H groups in total. The molecule has 1 saturated heterocycles. The van der Waals surface area contributed by atoms with Gasteiger partial charge in [-0.05, 0) is 40.5 Å². The molecule has 0 spiro atoms. The van der Waals surface area contributed by atoms with Crippen molar-refractivity contribution >= 4 is 23.3 Å². The van der Waals surface area contributed by atoms with E-state index < -0.39 is 5.60 Å². The van der Waals surface area contributed by atoms with Crippen molar-refractivity contribution in [1.82, 2.24) is 9.80 Å². The second-order valence-corrected chi connectivity index (χ2v) is 7.00. The van der Waals surface area contributed by atoms with Gasteiger partial charge in [-0.1, -0.05) is 12.2 Å². The van der Waals surface area contributed by atoms with Crippen LogP contribution in [-0.2, 0) is 4.74 Å². The Balaban J connectivity index is 1.89. The summed E-state index contributed by atoms with van der Waals surface area (Å²) in [6.07, 6.45) is 2.26. The lowest BCUT2D eigenvalue weighted by atomic mass is 10.2. The zero-order valence-electron chi connectivity index (χ0n) is 12.3. The number of ether oxygens (including phenoxy) is 1. The van der Waals surface area contributed by atoms with Crippen LogP contribution < -0.4 is 0 Å². The molecule has 1 amide bonds. The maximum absolute atomic E-state index is 12.1. The van der Waals surface area contributed by atoms with E-state index in [9.17, 15) is 4.79 Å². The fourth-order valence-electron chi connectivity index (χ4n) is 2.34. The van der Waals surface area contributed by atoms with Crippen LogP contribution in [0.2, 0.25) is 0 Å². The SMILES string of the molecule is C[C@H]1CN(C(=S)C2CC2)CCN1C(=O)OC(C)(C)C. The van der Waals surface area contributed by atoms with Gasteiger partial charge < -0.3 is 14.5 Å². The van der Waals surface area contributed by atoms with Gasteiger partial charge in [0, 0.05) is 31.6 Å². The summed E-state index contributed by atoms with van der Waals surface area (Å²) in [5.41, 5.74) is -0.433. The van der Waals surface area contributed by atoms with E-state index in [0.29, 0.717) is 12.5 Å². The fraction of sp³-hybridized carbons (Fsp3) is 0.857. The van der Waals surface area contributed by atoms with Gasteiger partial charge in [-0.2, -0.15) is 0 Å². The highest BCUT2D eigenvalue weighted by Crippen LogP contribution is 2.32. The number of hydrogen-bond acceptors (Lipinski definition) is 3. The van der Waals surface area contributed by atoms with Crippen molar-refractivity contribution in [2.24, 2.45) is 5.92 Å². The van der Waals surface area contributed by atoms with E-state index in [1.165, 1.54) is 12.8 Å². The van der Waals surface area contributed by atoms with Gasteiger partial charge in [0.2, 0.25) is 0 Å². The molecule has 1 heterocycles. The summed E-state index contributed by atoms with van der Waals surface area (Å²) < 4.78 is 5.44. The first-order chi connectivity index (χ1) is 8.78. The predicted molar refractivity (Wildman–Crippen MR) is 79.3 cm³/mol. The summed E-state index contributed by atoms with van der Waals surface area (Å²) in [7, 11) is 0. The minimum Gasteiger partial charge on any atom is -0.444 e. The average molecular weight is 284 g/mol. The van der Waals surface area contributed by atoms with E-state index in [1.807, 2.05) is 25.7 Å². The van der Waals surface area contributed by atoms with Crippen LogP contribution in [0.3, 0.4) is 0 Å². The number of rotatable bonds is 1. The number of thiocarbonyl (C=S) groups is 1. The molecule has 0 aromatic heterocycles. The van der Waals surface area contributed by atoms with Crippen molar-refractivity contribution in [2.75, 3.05) is 19.6 Å². The normalized spacial score (nSPS) is 24.3. The lowest BCUT2D eigenvalue weighted by Crippen LogP contribution is -2.56. The number of carbonyl (C=O) groups is 1. The smallest absolute Gasteiger partial charge is 0.410 e. The molecular formula is C14H24N2O2S. The molecule has 1 aliphatic heterocycles. The first-order valence-electron chi connectivity index (χ1n) is 7.06. The highest BCUT2D eigenvalue weighted by atomic mass is 32.1. The Morgan fingerprint density at radius 2 is 1.89 bits per heavy atom. The quantitative estimate of drug-likeness (QED) is 0.693. The Morgan fingerprint density at radius 3 is 2.37 bits per heavy atom. The summed E-state index contributed by atoms with van der Waals surface area (Å²) in [5, 5.41) is 0. The topological polar surface area (TPSA) is 32.8 Å². The molecule has 1 atom stereocenters. The standard InChI is InChI=1S/C14H24N2O2S/c1-10-9-15(12(19)11-5-6-11)7-8-16(10)13(17)18-14(2,3)4/h10-11H,5-9H2,1-4H3/t10-/m0/s1. The summed E-state index contributed by atoms with van der Waals surface area (Å²) in [6.45, 7) is 10.1. The summed E-state index contributed by atoms with van der Waals surface area (Å²) in [5.74, 6) is 0.621. The fourth-order valence-corrected chi connectivity index (χ4v) is 2.74. The van der Waals surface area contributed by atoms with Crippen LogP contribution in [0.15, 0.2) is 0 Å². The third-order valence-corrected chi connectivity index (χ3v) is 4.09. The Hall–Kier alpha value is -0.840. The molecule has 4 nitrogen and oxygen atoms in total. The molecule has 1 saturated carbocycles. The van der Waals surface area contributed by atoms with Crippen LogP contribution >= 0.6 is 12.2 Å². The van der Waals surface area contributed by atoms with Crippen molar-refractivity contribution in [1.29, 1.82) is 0 Å². The first-order valence-corrected chi connectivity index (χ1v) is 7.47. The monoisotopic (exact) mass is 284 g/mol. The van der Waals surface area contributed by atoms with Crippen LogP contribution in [-0.4, -0.2) is 52.2 Å². The molecule has 1 aliphatic carbocycles. The van der Waals surface area contributed by atoms with Crippen molar-refractivity contribution < 1.29 is 9.53 Å². The predicted octanol–water partition coefficient (Wildman–Crippen LogP) is 2.67. The van der Waals surface area contributed by atoms with E-state index in [4.69, 9.17) is 17.0 Å². The molecule has 0 radical (unpaired) electrons. The number of hydrogen-bond donors (Lipinski definition) is 0. The minimum atomic E-state index is -0.433. The van der Waals surface area contributed by atoms with E-state index in [0.717, 1.165) is 18.1 Å². The molecule has 2 aliphatic rings. The third-order valence-electron chi connectivity index (χ3n) is 3.49. The van der Waals surface area contributed by atoms with Crippen LogP contribution in [0, 0.1) is 5.92 Å². The lowest BCUT2D eigenvalue weighted by Gasteiger charge is -2.41. The van der Waals surface area contributed by atoms with Crippen LogP contribution in [0.5, 0.6) is 0 Å². The second-order valence-electron chi connectivity index (χ2n) is 6.58. The van der Waals surface area contributed by atoms with E-state index in [2.05, 4.69) is 11.8 Å². The third kappa shape index (κ3) is 3.81. The number of carbonyl (C=O) groups excluding carboxylic acids is 1. The van der Waals surface area contributed by atoms with Crippen molar-refractivity contribution in [3.8, 4) is 0 Å². The van der Waals surface area contributed by atoms with Crippen molar-refractivity contribution in [3.05, 3.63) is 0 Å². The molecule has 108 valence electrons. The van der Waals surface area contributed by atoms with Crippen molar-refractivity contribution in [2.45, 2.75) is 52.2 Å².